The monoisotopic (exact) mass is 429 g/mol. The Labute approximate surface area is 160 Å². The molecule has 0 radical (unpaired) electrons. The molecule has 0 saturated heterocycles. The van der Waals surface area contributed by atoms with Crippen LogP contribution in [0.3, 0.4) is 0 Å². The van der Waals surface area contributed by atoms with E-state index in [9.17, 15) is 4.39 Å². The molecule has 0 saturated carbocycles. The zero-order valence-corrected chi connectivity index (χ0v) is 15.8. The first kappa shape index (κ1) is 17.0. The van der Waals surface area contributed by atoms with Crippen LogP contribution in [-0.4, -0.2) is 19.7 Å². The number of thioether (sulfide) groups is 1. The highest BCUT2D eigenvalue weighted by Crippen LogP contribution is 2.25. The van der Waals surface area contributed by atoms with E-state index < -0.39 is 0 Å². The third-order valence-electron chi connectivity index (χ3n) is 3.90. The zero-order chi connectivity index (χ0) is 18.1. The summed E-state index contributed by atoms with van der Waals surface area (Å²) in [5, 5.41) is 16.6. The Hall–Kier alpha value is -2.45. The summed E-state index contributed by atoms with van der Waals surface area (Å²) in [6, 6.07) is 14.3. The maximum atomic E-state index is 13.9. The van der Waals surface area contributed by atoms with Crippen LogP contribution >= 0.6 is 27.7 Å². The summed E-state index contributed by atoms with van der Waals surface area (Å²) in [6.07, 6.45) is 1.59. The maximum Gasteiger partial charge on any atom is 0.176 e. The second-order valence-electron chi connectivity index (χ2n) is 5.57. The average molecular weight is 430 g/mol. The molecule has 0 atom stereocenters. The fraction of sp³-hybridized carbons (Fsp3) is 0.0556. The first-order valence-corrected chi connectivity index (χ1v) is 9.54. The number of aromatic amines is 1. The van der Waals surface area contributed by atoms with E-state index in [4.69, 9.17) is 5.41 Å². The summed E-state index contributed by atoms with van der Waals surface area (Å²) in [4.78, 5) is 4.59. The first-order chi connectivity index (χ1) is 12.6. The summed E-state index contributed by atoms with van der Waals surface area (Å²) in [5.74, 6) is 0.166. The third kappa shape index (κ3) is 3.17. The van der Waals surface area contributed by atoms with E-state index in [-0.39, 0.29) is 11.3 Å². The van der Waals surface area contributed by atoms with Gasteiger partial charge in [-0.25, -0.2) is 9.37 Å². The second kappa shape index (κ2) is 7.05. The molecule has 0 unspecified atom stereocenters. The van der Waals surface area contributed by atoms with Gasteiger partial charge in [0.15, 0.2) is 10.8 Å². The minimum absolute atomic E-state index is 0.246. The average Bonchev–Trinajstić information content (AvgIpc) is 3.11. The smallest absolute Gasteiger partial charge is 0.176 e. The Balaban J connectivity index is 1.82. The van der Waals surface area contributed by atoms with Crippen LogP contribution in [0.1, 0.15) is 5.56 Å². The largest absolute Gasteiger partial charge is 0.283 e. The summed E-state index contributed by atoms with van der Waals surface area (Å²) >= 11 is 4.80. The van der Waals surface area contributed by atoms with Crippen LogP contribution in [0.15, 0.2) is 64.4 Å². The number of hydrogen-bond donors (Lipinski definition) is 2. The number of hydrogen-bond acceptors (Lipinski definition) is 4. The van der Waals surface area contributed by atoms with Gasteiger partial charge >= 0.3 is 0 Å². The van der Waals surface area contributed by atoms with Crippen molar-refractivity contribution in [3.63, 3.8) is 0 Å². The zero-order valence-electron chi connectivity index (χ0n) is 13.4. The third-order valence-corrected chi connectivity index (χ3v) is 5.41. The van der Waals surface area contributed by atoms with E-state index in [1.54, 1.807) is 22.9 Å². The van der Waals surface area contributed by atoms with Gasteiger partial charge in [-0.15, -0.1) is 0 Å². The molecule has 8 heteroatoms. The molecule has 4 aromatic rings. The van der Waals surface area contributed by atoms with Gasteiger partial charge in [-0.1, -0.05) is 45.9 Å². The summed E-state index contributed by atoms with van der Waals surface area (Å²) in [7, 11) is 0. The maximum absolute atomic E-state index is 13.9. The highest BCUT2D eigenvalue weighted by Gasteiger charge is 2.13. The Morgan fingerprint density at radius 1 is 1.15 bits per heavy atom. The molecule has 2 aromatic carbocycles. The predicted molar refractivity (Wildman–Crippen MR) is 103 cm³/mol. The molecule has 26 heavy (non-hydrogen) atoms. The number of nitrogens with one attached hydrogen (secondary N) is 2. The van der Waals surface area contributed by atoms with E-state index in [1.807, 2.05) is 30.3 Å². The number of fused-ring (bicyclic) bond motifs is 1. The Morgan fingerprint density at radius 3 is 2.69 bits per heavy atom. The van der Waals surface area contributed by atoms with Crippen molar-refractivity contribution >= 4 is 38.7 Å². The number of aromatic nitrogens is 4. The molecule has 5 nitrogen and oxygen atoms in total. The molecule has 0 fully saturated rings. The van der Waals surface area contributed by atoms with Crippen LogP contribution in [0.25, 0.3) is 16.7 Å². The standard InChI is InChI=1S/C18H13BrFN5S/c19-12-5-7-13(8-6-12)25-16(21)14-9-22-24-17(14)23-18(25)26-10-11-3-1-2-4-15(11)20/h1-9,21H,10H2,(H,22,24). The van der Waals surface area contributed by atoms with Crippen LogP contribution in [0.4, 0.5) is 4.39 Å². The van der Waals surface area contributed by atoms with Crippen molar-refractivity contribution in [3.8, 4) is 5.69 Å². The quantitative estimate of drug-likeness (QED) is 0.372. The molecular weight excluding hydrogens is 417 g/mol. The molecule has 0 aliphatic carbocycles. The Bertz CT molecular complexity index is 1140. The van der Waals surface area contributed by atoms with E-state index in [2.05, 4.69) is 31.1 Å². The first-order valence-electron chi connectivity index (χ1n) is 7.76. The minimum atomic E-state index is -0.246. The van der Waals surface area contributed by atoms with Crippen LogP contribution in [0, 0.1) is 11.2 Å². The molecule has 0 bridgehead atoms. The lowest BCUT2D eigenvalue weighted by Gasteiger charge is -2.13. The van der Waals surface area contributed by atoms with Gasteiger partial charge < -0.3 is 0 Å². The number of nitrogens with zero attached hydrogens (tertiary/aromatic N) is 3. The molecule has 2 N–H and O–H groups in total. The molecule has 130 valence electrons. The van der Waals surface area contributed by atoms with Gasteiger partial charge in [0, 0.05) is 15.9 Å². The van der Waals surface area contributed by atoms with Crippen LogP contribution < -0.4 is 5.49 Å². The lowest BCUT2D eigenvalue weighted by molar-refractivity contribution is 0.617. The summed E-state index contributed by atoms with van der Waals surface area (Å²) in [5.41, 5.74) is 2.23. The van der Waals surface area contributed by atoms with Gasteiger partial charge in [0.2, 0.25) is 0 Å². The van der Waals surface area contributed by atoms with Crippen LogP contribution in [0.5, 0.6) is 0 Å². The minimum Gasteiger partial charge on any atom is -0.283 e. The van der Waals surface area contributed by atoms with Crippen molar-refractivity contribution in [2.75, 3.05) is 0 Å². The lowest BCUT2D eigenvalue weighted by Crippen LogP contribution is -2.21. The van der Waals surface area contributed by atoms with E-state index >= 15 is 0 Å². The molecule has 2 aromatic heterocycles. The normalized spacial score (nSPS) is 11.2. The highest BCUT2D eigenvalue weighted by molar-refractivity contribution is 9.10. The van der Waals surface area contributed by atoms with Crippen molar-refractivity contribution in [1.82, 2.24) is 19.7 Å². The predicted octanol–water partition coefficient (Wildman–Crippen LogP) is 4.42. The fourth-order valence-electron chi connectivity index (χ4n) is 2.58. The van der Waals surface area contributed by atoms with Crippen molar-refractivity contribution < 1.29 is 4.39 Å². The van der Waals surface area contributed by atoms with E-state index in [0.717, 1.165) is 10.2 Å². The fourth-order valence-corrected chi connectivity index (χ4v) is 3.85. The van der Waals surface area contributed by atoms with E-state index in [0.29, 0.717) is 27.5 Å². The van der Waals surface area contributed by atoms with Gasteiger partial charge in [0.1, 0.15) is 11.3 Å². The highest BCUT2D eigenvalue weighted by atomic mass is 79.9. The molecule has 0 aliphatic rings. The van der Waals surface area contributed by atoms with Gasteiger partial charge in [-0.05, 0) is 35.9 Å². The molecule has 0 amide bonds. The number of rotatable bonds is 4. The Kier molecular flexibility index (Phi) is 4.60. The SMILES string of the molecule is N=c1c2cn[nH]c2nc(SCc2ccccc2F)n1-c1ccc(Br)cc1. The topological polar surface area (TPSA) is 70.3 Å². The number of halogens is 2. The summed E-state index contributed by atoms with van der Waals surface area (Å²) < 4.78 is 16.6. The van der Waals surface area contributed by atoms with Gasteiger partial charge in [0.25, 0.3) is 0 Å². The van der Waals surface area contributed by atoms with Crippen molar-refractivity contribution in [2.45, 2.75) is 10.9 Å². The van der Waals surface area contributed by atoms with Crippen molar-refractivity contribution in [2.24, 2.45) is 0 Å². The van der Waals surface area contributed by atoms with Crippen molar-refractivity contribution in [1.29, 1.82) is 5.41 Å². The van der Waals surface area contributed by atoms with Gasteiger partial charge in [-0.2, -0.15) is 5.10 Å². The lowest BCUT2D eigenvalue weighted by atomic mass is 10.2. The molecule has 0 aliphatic heterocycles. The second-order valence-corrected chi connectivity index (χ2v) is 7.43. The number of benzene rings is 2. The number of H-pyrrole nitrogens is 1. The van der Waals surface area contributed by atoms with E-state index in [1.165, 1.54) is 17.8 Å². The van der Waals surface area contributed by atoms with Gasteiger partial charge in [0.05, 0.1) is 11.6 Å². The molecule has 4 rings (SSSR count). The molecule has 2 heterocycles. The van der Waals surface area contributed by atoms with Crippen molar-refractivity contribution in [3.05, 3.63) is 76.1 Å². The van der Waals surface area contributed by atoms with Crippen LogP contribution in [-0.2, 0) is 5.75 Å². The van der Waals surface area contributed by atoms with Gasteiger partial charge in [-0.3, -0.25) is 15.1 Å². The molecule has 0 spiro atoms. The Morgan fingerprint density at radius 2 is 1.92 bits per heavy atom. The van der Waals surface area contributed by atoms with Crippen LogP contribution in [0.2, 0.25) is 0 Å². The summed E-state index contributed by atoms with van der Waals surface area (Å²) in [6.45, 7) is 0. The molecular formula is C18H13BrFN5S.